The first kappa shape index (κ1) is 14.5. The van der Waals surface area contributed by atoms with Crippen LogP contribution in [0.2, 0.25) is 0 Å². The molecule has 0 aromatic rings. The number of likely N-dealkylation sites (tertiary alicyclic amines) is 1. The molecule has 0 spiro atoms. The van der Waals surface area contributed by atoms with Crippen molar-refractivity contribution < 1.29 is 19.1 Å². The normalized spacial score (nSPS) is 29.5. The van der Waals surface area contributed by atoms with E-state index in [0.717, 1.165) is 4.90 Å². The Balaban J connectivity index is 1.67. The summed E-state index contributed by atoms with van der Waals surface area (Å²) in [6.07, 6.45) is 2.68. The van der Waals surface area contributed by atoms with Crippen molar-refractivity contribution in [2.45, 2.75) is 12.8 Å². The van der Waals surface area contributed by atoms with Gasteiger partial charge in [-0.2, -0.15) is 0 Å². The minimum atomic E-state index is -0.396. The van der Waals surface area contributed by atoms with E-state index in [1.165, 1.54) is 0 Å². The van der Waals surface area contributed by atoms with E-state index in [0.29, 0.717) is 44.2 Å². The molecular weight excluding hydrogens is 296 g/mol. The highest BCUT2D eigenvalue weighted by Crippen LogP contribution is 2.38. The van der Waals surface area contributed by atoms with Gasteiger partial charge in [0.1, 0.15) is 6.54 Å². The Morgan fingerprint density at radius 2 is 1.90 bits per heavy atom. The minimum Gasteiger partial charge on any atom is -0.378 e. The van der Waals surface area contributed by atoms with E-state index >= 15 is 0 Å². The average molecular weight is 313 g/mol. The van der Waals surface area contributed by atoms with Crippen LogP contribution in [-0.4, -0.2) is 60.4 Å². The molecule has 114 valence electrons. The zero-order valence-electron chi connectivity index (χ0n) is 11.6. The number of carbonyl (C=O) groups is 3. The molecule has 0 radical (unpaired) electrons. The molecule has 2 fully saturated rings. The van der Waals surface area contributed by atoms with Gasteiger partial charge in [-0.1, -0.05) is 17.7 Å². The van der Waals surface area contributed by atoms with Crippen molar-refractivity contribution >= 4 is 29.3 Å². The molecule has 0 saturated carbocycles. The number of nitrogens with zero attached hydrogens (tertiary/aromatic N) is 2. The average Bonchev–Trinajstić information content (AvgIpc) is 2.73. The first-order chi connectivity index (χ1) is 10.1. The van der Waals surface area contributed by atoms with Crippen molar-refractivity contribution in [2.24, 2.45) is 11.8 Å². The van der Waals surface area contributed by atoms with Crippen LogP contribution in [0.1, 0.15) is 12.8 Å². The van der Waals surface area contributed by atoms with E-state index in [1.807, 2.05) is 0 Å². The van der Waals surface area contributed by atoms with Crippen LogP contribution in [0.3, 0.4) is 0 Å². The molecule has 1 aliphatic carbocycles. The molecule has 0 unspecified atom stereocenters. The largest absolute Gasteiger partial charge is 0.378 e. The second-order valence-electron chi connectivity index (χ2n) is 5.56. The summed E-state index contributed by atoms with van der Waals surface area (Å²) in [4.78, 5) is 39.6. The standard InChI is InChI=1S/C14H17ClN2O4/c15-9-1-2-10-11(7-9)14(20)17(13(10)19)8-12(18)16-3-5-21-6-4-16/h1,10-11H,2-8H2/t10-,11+/m0/s1. The number of halogens is 1. The molecular formula is C14H17ClN2O4. The predicted octanol–water partition coefficient (Wildman–Crippen LogP) is 0.363. The van der Waals surface area contributed by atoms with Crippen molar-refractivity contribution in [3.05, 3.63) is 11.1 Å². The van der Waals surface area contributed by atoms with Crippen molar-refractivity contribution in [1.29, 1.82) is 0 Å². The summed E-state index contributed by atoms with van der Waals surface area (Å²) >= 11 is 5.96. The molecule has 0 N–H and O–H groups in total. The van der Waals surface area contributed by atoms with Crippen molar-refractivity contribution in [3.8, 4) is 0 Å². The molecule has 2 saturated heterocycles. The number of carbonyl (C=O) groups excluding carboxylic acids is 3. The van der Waals surface area contributed by atoms with Gasteiger partial charge in [0.2, 0.25) is 17.7 Å². The number of rotatable bonds is 2. The smallest absolute Gasteiger partial charge is 0.242 e. The highest BCUT2D eigenvalue weighted by Gasteiger charge is 2.49. The van der Waals surface area contributed by atoms with Gasteiger partial charge in [0.15, 0.2) is 0 Å². The van der Waals surface area contributed by atoms with E-state index in [1.54, 1.807) is 11.0 Å². The number of imide groups is 1. The van der Waals surface area contributed by atoms with Gasteiger partial charge in [0, 0.05) is 18.1 Å². The Bertz CT molecular complexity index is 513. The fraction of sp³-hybridized carbons (Fsp3) is 0.643. The number of hydrogen-bond acceptors (Lipinski definition) is 4. The molecule has 0 aromatic heterocycles. The van der Waals surface area contributed by atoms with Crippen LogP contribution in [0.25, 0.3) is 0 Å². The summed E-state index contributed by atoms with van der Waals surface area (Å²) in [6, 6.07) is 0. The third-order valence-electron chi connectivity index (χ3n) is 4.32. The van der Waals surface area contributed by atoms with Gasteiger partial charge in [0.05, 0.1) is 25.0 Å². The third kappa shape index (κ3) is 2.70. The van der Waals surface area contributed by atoms with Crippen LogP contribution < -0.4 is 0 Å². The lowest BCUT2D eigenvalue weighted by molar-refractivity contribution is -0.148. The summed E-state index contributed by atoms with van der Waals surface area (Å²) in [5.41, 5.74) is 0. The number of allylic oxidation sites excluding steroid dienone is 2. The van der Waals surface area contributed by atoms with Crippen LogP contribution in [0.5, 0.6) is 0 Å². The Kier molecular flexibility index (Phi) is 3.99. The monoisotopic (exact) mass is 312 g/mol. The summed E-state index contributed by atoms with van der Waals surface area (Å²) in [6.45, 7) is 1.85. The molecule has 7 heteroatoms. The van der Waals surface area contributed by atoms with E-state index in [9.17, 15) is 14.4 Å². The highest BCUT2D eigenvalue weighted by atomic mass is 35.5. The molecule has 21 heavy (non-hydrogen) atoms. The predicted molar refractivity (Wildman–Crippen MR) is 74.3 cm³/mol. The van der Waals surface area contributed by atoms with Gasteiger partial charge in [-0.05, 0) is 12.8 Å². The number of ether oxygens (including phenoxy) is 1. The van der Waals surface area contributed by atoms with Crippen LogP contribution in [0.15, 0.2) is 11.1 Å². The maximum absolute atomic E-state index is 12.3. The zero-order chi connectivity index (χ0) is 15.0. The minimum absolute atomic E-state index is 0.164. The molecule has 2 aliphatic heterocycles. The van der Waals surface area contributed by atoms with E-state index in [2.05, 4.69) is 0 Å². The van der Waals surface area contributed by atoms with Crippen molar-refractivity contribution in [1.82, 2.24) is 9.80 Å². The second kappa shape index (κ2) is 5.77. The SMILES string of the molecule is O=C(CN1C(=O)[C@H]2CC=C(Cl)C[C@H]2C1=O)N1CCOCC1. The van der Waals surface area contributed by atoms with E-state index in [4.69, 9.17) is 16.3 Å². The van der Waals surface area contributed by atoms with Gasteiger partial charge in [-0.3, -0.25) is 19.3 Å². The second-order valence-corrected chi connectivity index (χ2v) is 6.05. The third-order valence-corrected chi connectivity index (χ3v) is 4.63. The summed E-state index contributed by atoms with van der Waals surface area (Å²) in [7, 11) is 0. The number of morpholine rings is 1. The van der Waals surface area contributed by atoms with Crippen LogP contribution >= 0.6 is 11.6 Å². The molecule has 2 atom stereocenters. The fourth-order valence-electron chi connectivity index (χ4n) is 3.10. The molecule has 2 heterocycles. The number of fused-ring (bicyclic) bond motifs is 1. The first-order valence-electron chi connectivity index (χ1n) is 7.13. The molecule has 3 amide bonds. The summed E-state index contributed by atoms with van der Waals surface area (Å²) in [5, 5.41) is 0.624. The number of hydrogen-bond donors (Lipinski definition) is 0. The van der Waals surface area contributed by atoms with Gasteiger partial charge >= 0.3 is 0 Å². The van der Waals surface area contributed by atoms with E-state index in [-0.39, 0.29) is 30.2 Å². The molecule has 0 aromatic carbocycles. The topological polar surface area (TPSA) is 66.9 Å². The number of amides is 3. The summed E-state index contributed by atoms with van der Waals surface area (Å²) < 4.78 is 5.19. The first-order valence-corrected chi connectivity index (χ1v) is 7.51. The van der Waals surface area contributed by atoms with Gasteiger partial charge in [0.25, 0.3) is 0 Å². The van der Waals surface area contributed by atoms with Crippen molar-refractivity contribution in [2.75, 3.05) is 32.8 Å². The Morgan fingerprint density at radius 1 is 1.24 bits per heavy atom. The molecule has 3 aliphatic rings. The van der Waals surface area contributed by atoms with Crippen LogP contribution in [0.4, 0.5) is 0 Å². The molecule has 6 nitrogen and oxygen atoms in total. The van der Waals surface area contributed by atoms with Gasteiger partial charge in [-0.25, -0.2) is 0 Å². The zero-order valence-corrected chi connectivity index (χ0v) is 12.3. The molecule has 3 rings (SSSR count). The van der Waals surface area contributed by atoms with E-state index < -0.39 is 5.92 Å². The Hall–Kier alpha value is -1.40. The fourth-order valence-corrected chi connectivity index (χ4v) is 3.36. The Morgan fingerprint density at radius 3 is 2.62 bits per heavy atom. The van der Waals surface area contributed by atoms with Crippen LogP contribution in [-0.2, 0) is 19.1 Å². The maximum Gasteiger partial charge on any atom is 0.242 e. The lowest BCUT2D eigenvalue weighted by atomic mass is 9.85. The van der Waals surface area contributed by atoms with Gasteiger partial charge in [-0.15, -0.1) is 0 Å². The molecule has 0 bridgehead atoms. The van der Waals surface area contributed by atoms with Crippen molar-refractivity contribution in [3.63, 3.8) is 0 Å². The van der Waals surface area contributed by atoms with Crippen LogP contribution in [0, 0.1) is 11.8 Å². The highest BCUT2D eigenvalue weighted by molar-refractivity contribution is 6.30. The lowest BCUT2D eigenvalue weighted by Gasteiger charge is -2.28. The maximum atomic E-state index is 12.3. The van der Waals surface area contributed by atoms with Gasteiger partial charge < -0.3 is 9.64 Å². The Labute approximate surface area is 127 Å². The summed E-state index contributed by atoms with van der Waals surface area (Å²) in [5.74, 6) is -1.45. The quantitative estimate of drug-likeness (QED) is 0.691. The lowest BCUT2D eigenvalue weighted by Crippen LogP contribution is -2.47.